The number of phenols is 3. The molecule has 8 N–H and O–H groups in total. The van der Waals surface area contributed by atoms with E-state index in [1.807, 2.05) is 0 Å². The molecule has 0 spiro atoms. The van der Waals surface area contributed by atoms with Gasteiger partial charge >= 0.3 is 23.3 Å². The van der Waals surface area contributed by atoms with Gasteiger partial charge in [-0.25, -0.2) is 9.21 Å². The molecular formula is C25H25O14+. The first-order valence-corrected chi connectivity index (χ1v) is 11.5. The molecule has 2 aromatic carbocycles. The summed E-state index contributed by atoms with van der Waals surface area (Å²) >= 11 is 0. The average molecular weight is 549 g/mol. The third kappa shape index (κ3) is 6.10. The lowest BCUT2D eigenvalue weighted by molar-refractivity contribution is -0.279. The van der Waals surface area contributed by atoms with Gasteiger partial charge in [0.1, 0.15) is 36.8 Å². The number of hydrogen-bond acceptors (Lipinski definition) is 12. The number of carbonyl (C=O) groups is 2. The van der Waals surface area contributed by atoms with Crippen molar-refractivity contribution in [2.24, 2.45) is 0 Å². The highest BCUT2D eigenvalue weighted by molar-refractivity contribution is 5.83. The third-order valence-electron chi connectivity index (χ3n) is 5.90. The fourth-order valence-electron chi connectivity index (χ4n) is 3.84. The molecule has 2 heterocycles. The summed E-state index contributed by atoms with van der Waals surface area (Å²) in [6, 6.07) is 9.38. The number of carboxylic acids is 1. The summed E-state index contributed by atoms with van der Waals surface area (Å²) in [6.45, 7) is -0.736. The van der Waals surface area contributed by atoms with E-state index in [1.54, 1.807) is 0 Å². The van der Waals surface area contributed by atoms with Crippen LogP contribution in [0.2, 0.25) is 0 Å². The minimum atomic E-state index is -1.98. The van der Waals surface area contributed by atoms with Crippen LogP contribution in [0.3, 0.4) is 0 Å². The van der Waals surface area contributed by atoms with Gasteiger partial charge in [0.05, 0.1) is 23.4 Å². The summed E-state index contributed by atoms with van der Waals surface area (Å²) in [5, 5.41) is 79.4. The van der Waals surface area contributed by atoms with Crippen molar-refractivity contribution in [3.05, 3.63) is 42.5 Å². The number of ether oxygens (including phenoxy) is 3. The number of aliphatic carboxylic acids is 1. The molecule has 0 bridgehead atoms. The van der Waals surface area contributed by atoms with Crippen LogP contribution < -0.4 is 4.74 Å². The number of esters is 1. The number of aliphatic hydroxyl groups is 4. The standard InChI is InChI=1S/C25H24O14/c26-12-3-1-10-6-17(23(37-16(10)7-12)11-2-4-13(27)14(28)5-11)38-25-22(34)21(33)20(32)18(39-25)9-36-24(35)15(29)8-19(30)31/h1-7,15,18,20-22,25,29,32-34H,8-9H2,(H3-,26,27,28,30,31)/p+1/t15?,18-,20-,21+,22-,25-/m1/s1. The van der Waals surface area contributed by atoms with Crippen LogP contribution in [-0.2, 0) is 19.1 Å². The average Bonchev–Trinajstić information content (AvgIpc) is 2.89. The summed E-state index contributed by atoms with van der Waals surface area (Å²) in [5.74, 6) is -3.88. The molecule has 0 amide bonds. The maximum atomic E-state index is 11.9. The number of aromatic hydroxyl groups is 3. The summed E-state index contributed by atoms with van der Waals surface area (Å²) in [5.41, 5.74) is 0.407. The molecule has 1 aliphatic heterocycles. The zero-order chi connectivity index (χ0) is 28.4. The Morgan fingerprint density at radius 3 is 2.38 bits per heavy atom. The molecule has 6 atom stereocenters. The molecule has 1 aromatic heterocycles. The van der Waals surface area contributed by atoms with E-state index in [2.05, 4.69) is 0 Å². The maximum Gasteiger partial charge on any atom is 0.402 e. The maximum absolute atomic E-state index is 11.9. The predicted molar refractivity (Wildman–Crippen MR) is 128 cm³/mol. The van der Waals surface area contributed by atoms with Crippen LogP contribution in [-0.4, -0.2) is 96.2 Å². The molecular weight excluding hydrogens is 524 g/mol. The van der Waals surface area contributed by atoms with E-state index >= 15 is 0 Å². The van der Waals surface area contributed by atoms with E-state index in [0.717, 1.165) is 6.07 Å². The van der Waals surface area contributed by atoms with Crippen molar-refractivity contribution >= 4 is 22.9 Å². The second-order valence-corrected chi connectivity index (χ2v) is 8.74. The van der Waals surface area contributed by atoms with Gasteiger partial charge in [0, 0.05) is 12.1 Å². The molecule has 4 rings (SSSR count). The zero-order valence-corrected chi connectivity index (χ0v) is 19.9. The van der Waals surface area contributed by atoms with E-state index in [1.165, 1.54) is 36.4 Å². The highest BCUT2D eigenvalue weighted by Gasteiger charge is 2.46. The Balaban J connectivity index is 1.63. The zero-order valence-electron chi connectivity index (χ0n) is 19.9. The number of phenolic OH excluding ortho intramolecular Hbond substituents is 3. The summed E-state index contributed by atoms with van der Waals surface area (Å²) in [6.07, 6.45) is -11.5. The molecule has 0 aliphatic carbocycles. The lowest BCUT2D eigenvalue weighted by atomic mass is 9.99. The van der Waals surface area contributed by atoms with Crippen LogP contribution in [0.25, 0.3) is 22.3 Å². The summed E-state index contributed by atoms with van der Waals surface area (Å²) in [4.78, 5) is 22.5. The van der Waals surface area contributed by atoms with Gasteiger partial charge in [0.25, 0.3) is 0 Å². The second-order valence-electron chi connectivity index (χ2n) is 8.74. The Labute approximate surface area is 219 Å². The Bertz CT molecular complexity index is 1370. The van der Waals surface area contributed by atoms with E-state index in [0.29, 0.717) is 5.39 Å². The van der Waals surface area contributed by atoms with Gasteiger partial charge < -0.3 is 55.1 Å². The van der Waals surface area contributed by atoms with Gasteiger partial charge in [0.2, 0.25) is 12.0 Å². The first kappa shape index (κ1) is 27.8. The molecule has 3 aromatic rings. The molecule has 0 radical (unpaired) electrons. The fourth-order valence-corrected chi connectivity index (χ4v) is 3.84. The normalized spacial score (nSPS) is 23.7. The molecule has 1 saturated heterocycles. The van der Waals surface area contributed by atoms with Crippen LogP contribution in [0.1, 0.15) is 6.42 Å². The number of fused-ring (bicyclic) bond motifs is 1. The smallest absolute Gasteiger partial charge is 0.402 e. The number of benzene rings is 2. The highest BCUT2D eigenvalue weighted by Crippen LogP contribution is 2.40. The van der Waals surface area contributed by atoms with Crippen molar-refractivity contribution in [3.63, 3.8) is 0 Å². The van der Waals surface area contributed by atoms with Crippen LogP contribution in [0.5, 0.6) is 23.0 Å². The van der Waals surface area contributed by atoms with Gasteiger partial charge in [0.15, 0.2) is 17.6 Å². The first-order chi connectivity index (χ1) is 18.4. The number of carboxylic acid groups (broad SMARTS) is 1. The molecule has 0 saturated carbocycles. The Kier molecular flexibility index (Phi) is 8.03. The summed E-state index contributed by atoms with van der Waals surface area (Å²) in [7, 11) is 0. The number of rotatable bonds is 8. The lowest BCUT2D eigenvalue weighted by Gasteiger charge is -2.39. The van der Waals surface area contributed by atoms with E-state index in [-0.39, 0.29) is 28.4 Å². The molecule has 1 unspecified atom stereocenters. The largest absolute Gasteiger partial charge is 0.508 e. The van der Waals surface area contributed by atoms with Crippen molar-refractivity contribution in [2.75, 3.05) is 6.61 Å². The van der Waals surface area contributed by atoms with Crippen LogP contribution in [0.4, 0.5) is 0 Å². The molecule has 39 heavy (non-hydrogen) atoms. The quantitative estimate of drug-likeness (QED) is 0.105. The number of carbonyl (C=O) groups excluding carboxylic acids is 1. The molecule has 1 fully saturated rings. The molecule has 14 heteroatoms. The lowest BCUT2D eigenvalue weighted by Crippen LogP contribution is -2.60. The third-order valence-corrected chi connectivity index (χ3v) is 5.90. The van der Waals surface area contributed by atoms with E-state index in [9.17, 15) is 45.3 Å². The van der Waals surface area contributed by atoms with Crippen molar-refractivity contribution < 1.29 is 69.1 Å². The second kappa shape index (κ2) is 11.3. The number of aliphatic hydroxyl groups excluding tert-OH is 4. The van der Waals surface area contributed by atoms with Gasteiger partial charge in [-0.2, -0.15) is 0 Å². The van der Waals surface area contributed by atoms with E-state index < -0.39 is 73.3 Å². The van der Waals surface area contributed by atoms with Crippen LogP contribution in [0, 0.1) is 0 Å². The van der Waals surface area contributed by atoms with Crippen molar-refractivity contribution in [2.45, 2.75) is 43.2 Å². The van der Waals surface area contributed by atoms with Gasteiger partial charge in [-0.15, -0.1) is 0 Å². The van der Waals surface area contributed by atoms with E-state index in [4.69, 9.17) is 23.7 Å². The Morgan fingerprint density at radius 2 is 1.69 bits per heavy atom. The topological polar surface area (TPSA) is 235 Å². The van der Waals surface area contributed by atoms with Gasteiger partial charge in [-0.05, 0) is 24.3 Å². The molecule has 14 nitrogen and oxygen atoms in total. The van der Waals surface area contributed by atoms with Crippen LogP contribution >= 0.6 is 0 Å². The van der Waals surface area contributed by atoms with Gasteiger partial charge in [-0.3, -0.25) is 4.79 Å². The molecule has 1 aliphatic rings. The monoisotopic (exact) mass is 549 g/mol. The highest BCUT2D eigenvalue weighted by atomic mass is 16.7. The van der Waals surface area contributed by atoms with Crippen molar-refractivity contribution in [1.29, 1.82) is 0 Å². The SMILES string of the molecule is O=C(O)CC(O)C(=O)OC[C@H]1O[C@@H](Oc2cc3ccc(O)cc3[o+]c2-c2ccc(O)c(O)c2)[C@H](O)[C@@H](O)[C@@H]1O. The number of hydrogen-bond donors (Lipinski definition) is 8. The Hall–Kier alpha value is -4.21. The van der Waals surface area contributed by atoms with Crippen molar-refractivity contribution in [1.82, 2.24) is 0 Å². The first-order valence-electron chi connectivity index (χ1n) is 11.5. The minimum Gasteiger partial charge on any atom is -0.508 e. The molecule has 208 valence electrons. The Morgan fingerprint density at radius 1 is 0.949 bits per heavy atom. The van der Waals surface area contributed by atoms with Crippen LogP contribution in [0.15, 0.2) is 46.9 Å². The minimum absolute atomic E-state index is 0.0421. The predicted octanol–water partition coefficient (Wildman–Crippen LogP) is 0.0629. The summed E-state index contributed by atoms with van der Waals surface area (Å²) < 4.78 is 22.0. The van der Waals surface area contributed by atoms with Gasteiger partial charge in [-0.1, -0.05) is 0 Å². The van der Waals surface area contributed by atoms with Crippen molar-refractivity contribution in [3.8, 4) is 34.3 Å². The fraction of sp³-hybridized carbons (Fsp3) is 0.320.